The van der Waals surface area contributed by atoms with Crippen molar-refractivity contribution in [1.29, 1.82) is 0 Å². The molecular weight excluding hydrogens is 405 g/mol. The molecule has 0 aromatic rings. The van der Waals surface area contributed by atoms with E-state index < -0.39 is 6.17 Å². The van der Waals surface area contributed by atoms with E-state index in [1.165, 1.54) is 0 Å². The Kier molecular flexibility index (Phi) is 18.7. The smallest absolute Gasteiger partial charge is 0.0995 e. The molecule has 0 bridgehead atoms. The Morgan fingerprint density at radius 3 is 2.00 bits per heavy atom. The van der Waals surface area contributed by atoms with Crippen LogP contribution in [0.4, 0.5) is 4.39 Å². The van der Waals surface area contributed by atoms with Crippen LogP contribution in [-0.2, 0) is 9.47 Å². The highest BCUT2D eigenvalue weighted by atomic mass is 33.1. The van der Waals surface area contributed by atoms with Gasteiger partial charge >= 0.3 is 0 Å². The molecule has 178 valence electrons. The lowest BCUT2D eigenvalue weighted by molar-refractivity contribution is -0.0264. The Hall–Kier alpha value is 0.510. The summed E-state index contributed by atoms with van der Waals surface area (Å²) in [6.07, 6.45) is 3.85. The molecule has 0 aliphatic rings. The van der Waals surface area contributed by atoms with Gasteiger partial charge in [0.15, 0.2) is 0 Å². The van der Waals surface area contributed by atoms with Gasteiger partial charge in [0.25, 0.3) is 0 Å². The summed E-state index contributed by atoms with van der Waals surface area (Å²) in [5.74, 6) is 1.03. The largest absolute Gasteiger partial charge is 0.375 e. The molecule has 2 atom stereocenters. The minimum absolute atomic E-state index is 0.0755. The monoisotopic (exact) mass is 455 g/mol. The van der Waals surface area contributed by atoms with Gasteiger partial charge in [0.2, 0.25) is 0 Å². The number of hydrogen-bond acceptors (Lipinski definition) is 5. The second-order valence-electron chi connectivity index (χ2n) is 8.85. The highest BCUT2D eigenvalue weighted by Crippen LogP contribution is 2.42. The van der Waals surface area contributed by atoms with Crippen molar-refractivity contribution < 1.29 is 13.9 Å². The summed E-state index contributed by atoms with van der Waals surface area (Å²) >= 11 is 0. The Morgan fingerprint density at radius 1 is 0.931 bits per heavy atom. The van der Waals surface area contributed by atoms with Gasteiger partial charge in [-0.1, -0.05) is 42.4 Å². The zero-order chi connectivity index (χ0) is 23.0. The molecule has 1 N–H and O–H groups in total. The molecular formula is C23H50FNO2S2. The first-order chi connectivity index (χ1) is 13.5. The third-order valence-corrected chi connectivity index (χ3v) is 8.35. The molecule has 3 nitrogen and oxygen atoms in total. The molecule has 0 aromatic heterocycles. The van der Waals surface area contributed by atoms with Gasteiger partial charge in [-0.15, -0.1) is 0 Å². The average molecular weight is 456 g/mol. The van der Waals surface area contributed by atoms with Crippen LogP contribution >= 0.6 is 21.6 Å². The molecule has 0 radical (unpaired) electrons. The molecule has 0 fully saturated rings. The maximum Gasteiger partial charge on any atom is 0.0995 e. The molecule has 29 heavy (non-hydrogen) atoms. The minimum Gasteiger partial charge on any atom is -0.375 e. The topological polar surface area (TPSA) is 30.5 Å². The van der Waals surface area contributed by atoms with Gasteiger partial charge in [-0.3, -0.25) is 0 Å². The standard InChI is InChI=1S/C21H44FNO2S2.C2H6/c1-9-21(7,12-16-25-19(3,4)11-14-23-8)27-26-17-13-20(5,6)24-15-10-18(2)22;1-2/h18,23H,9-17H2,1-8H3;1-2H3. The summed E-state index contributed by atoms with van der Waals surface area (Å²) < 4.78 is 25.1. The van der Waals surface area contributed by atoms with Crippen LogP contribution in [0.25, 0.3) is 0 Å². The van der Waals surface area contributed by atoms with Crippen molar-refractivity contribution in [2.75, 3.05) is 32.6 Å². The van der Waals surface area contributed by atoms with Gasteiger partial charge in [0, 0.05) is 23.5 Å². The molecule has 0 saturated carbocycles. The summed E-state index contributed by atoms with van der Waals surface area (Å²) in [5, 5.41) is 3.19. The van der Waals surface area contributed by atoms with Gasteiger partial charge < -0.3 is 14.8 Å². The van der Waals surface area contributed by atoms with Crippen molar-refractivity contribution >= 4 is 21.6 Å². The van der Waals surface area contributed by atoms with E-state index in [1.807, 2.05) is 42.5 Å². The lowest BCUT2D eigenvalue weighted by Gasteiger charge is -2.31. The van der Waals surface area contributed by atoms with Gasteiger partial charge in [-0.25, -0.2) is 4.39 Å². The van der Waals surface area contributed by atoms with Crippen LogP contribution in [-0.4, -0.2) is 54.7 Å². The fourth-order valence-corrected chi connectivity index (χ4v) is 5.54. The van der Waals surface area contributed by atoms with Crippen LogP contribution in [0.5, 0.6) is 0 Å². The van der Waals surface area contributed by atoms with Crippen LogP contribution in [0, 0.1) is 0 Å². The van der Waals surface area contributed by atoms with Crippen LogP contribution in [0.15, 0.2) is 0 Å². The van der Waals surface area contributed by atoms with Gasteiger partial charge in [0.1, 0.15) is 0 Å². The van der Waals surface area contributed by atoms with E-state index in [0.29, 0.717) is 13.0 Å². The maximum atomic E-state index is 12.9. The lowest BCUT2D eigenvalue weighted by atomic mass is 10.0. The highest BCUT2D eigenvalue weighted by Gasteiger charge is 2.26. The van der Waals surface area contributed by atoms with E-state index in [2.05, 4.69) is 46.9 Å². The first-order valence-electron chi connectivity index (χ1n) is 11.3. The Morgan fingerprint density at radius 2 is 1.48 bits per heavy atom. The zero-order valence-electron chi connectivity index (χ0n) is 21.0. The number of halogens is 1. The van der Waals surface area contributed by atoms with Gasteiger partial charge in [-0.05, 0) is 80.8 Å². The SMILES string of the molecule is CC.CCC(C)(CCOC(C)(C)CCNC)SSCCC(C)(C)OCCC(C)F. The van der Waals surface area contributed by atoms with Crippen molar-refractivity contribution in [1.82, 2.24) is 5.32 Å². The van der Waals surface area contributed by atoms with E-state index in [0.717, 1.165) is 44.6 Å². The minimum atomic E-state index is -0.790. The van der Waals surface area contributed by atoms with Crippen molar-refractivity contribution in [2.24, 2.45) is 0 Å². The predicted octanol–water partition coefficient (Wildman–Crippen LogP) is 7.29. The van der Waals surface area contributed by atoms with Gasteiger partial charge in [0.05, 0.1) is 24.0 Å². The number of alkyl halides is 1. The lowest BCUT2D eigenvalue weighted by Crippen LogP contribution is -2.31. The fraction of sp³-hybridized carbons (Fsp3) is 1.00. The van der Waals surface area contributed by atoms with E-state index in [4.69, 9.17) is 9.47 Å². The van der Waals surface area contributed by atoms with E-state index in [1.54, 1.807) is 6.92 Å². The summed E-state index contributed by atoms with van der Waals surface area (Å²) in [7, 11) is 5.87. The van der Waals surface area contributed by atoms with E-state index in [9.17, 15) is 4.39 Å². The average Bonchev–Trinajstić information content (AvgIpc) is 2.65. The molecule has 6 heteroatoms. The summed E-state index contributed by atoms with van der Waals surface area (Å²) in [4.78, 5) is 0. The Bertz CT molecular complexity index is 382. The summed E-state index contributed by atoms with van der Waals surface area (Å²) in [6, 6.07) is 0. The van der Waals surface area contributed by atoms with Crippen LogP contribution < -0.4 is 5.32 Å². The van der Waals surface area contributed by atoms with E-state index >= 15 is 0 Å². The predicted molar refractivity (Wildman–Crippen MR) is 133 cm³/mol. The molecule has 0 amide bonds. The molecule has 0 aromatic carbocycles. The Balaban J connectivity index is 0. The Labute approximate surface area is 189 Å². The number of ether oxygens (including phenoxy) is 2. The van der Waals surface area contributed by atoms with Crippen LogP contribution in [0.2, 0.25) is 0 Å². The molecule has 0 saturated heterocycles. The normalized spacial score (nSPS) is 15.4. The zero-order valence-corrected chi connectivity index (χ0v) is 22.6. The first-order valence-corrected chi connectivity index (χ1v) is 13.6. The first kappa shape index (κ1) is 31.7. The molecule has 0 heterocycles. The van der Waals surface area contributed by atoms with Crippen LogP contribution in [0.3, 0.4) is 0 Å². The fourth-order valence-electron chi connectivity index (χ4n) is 2.36. The molecule has 2 unspecified atom stereocenters. The van der Waals surface area contributed by atoms with Crippen molar-refractivity contribution in [3.05, 3.63) is 0 Å². The molecule has 0 spiro atoms. The molecule has 0 aliphatic carbocycles. The maximum absolute atomic E-state index is 12.9. The van der Waals surface area contributed by atoms with E-state index in [-0.39, 0.29) is 15.9 Å². The summed E-state index contributed by atoms with van der Waals surface area (Å²) in [6.45, 7) is 21.0. The molecule has 0 rings (SSSR count). The third-order valence-electron chi connectivity index (χ3n) is 4.90. The highest BCUT2D eigenvalue weighted by molar-refractivity contribution is 8.77. The number of nitrogens with one attached hydrogen (secondary N) is 1. The van der Waals surface area contributed by atoms with Crippen molar-refractivity contribution in [2.45, 2.75) is 117 Å². The third kappa shape index (κ3) is 19.0. The van der Waals surface area contributed by atoms with Crippen molar-refractivity contribution in [3.63, 3.8) is 0 Å². The molecule has 0 aliphatic heterocycles. The van der Waals surface area contributed by atoms with Crippen LogP contribution in [0.1, 0.15) is 94.4 Å². The number of rotatable bonds is 17. The van der Waals surface area contributed by atoms with Crippen molar-refractivity contribution in [3.8, 4) is 0 Å². The number of hydrogen-bond donors (Lipinski definition) is 1. The van der Waals surface area contributed by atoms with Gasteiger partial charge in [-0.2, -0.15) is 0 Å². The summed E-state index contributed by atoms with van der Waals surface area (Å²) in [5.41, 5.74) is -0.264. The second kappa shape index (κ2) is 17.1. The quantitative estimate of drug-likeness (QED) is 0.184. The second-order valence-corrected chi connectivity index (χ2v) is 11.9.